The summed E-state index contributed by atoms with van der Waals surface area (Å²) >= 11 is 0. The van der Waals surface area contributed by atoms with Gasteiger partial charge in [0, 0.05) is 19.5 Å². The maximum Gasteiger partial charge on any atom is 0.330 e. The Morgan fingerprint density at radius 1 is 1.23 bits per heavy atom. The van der Waals surface area contributed by atoms with Gasteiger partial charge in [-0.25, -0.2) is 4.79 Å². The average molecular weight is 310 g/mol. The van der Waals surface area contributed by atoms with Crippen molar-refractivity contribution in [2.75, 3.05) is 17.2 Å². The van der Waals surface area contributed by atoms with Gasteiger partial charge in [0.05, 0.1) is 0 Å². The molecule has 0 atom stereocenters. The van der Waals surface area contributed by atoms with Crippen molar-refractivity contribution in [3.8, 4) is 0 Å². The van der Waals surface area contributed by atoms with Gasteiger partial charge in [-0.1, -0.05) is 34.6 Å². The van der Waals surface area contributed by atoms with Gasteiger partial charge in [-0.15, -0.1) is 0 Å². The molecule has 0 bridgehead atoms. The number of anilines is 2. The number of carbonyl (C=O) groups is 1. The number of amides is 1. The van der Waals surface area contributed by atoms with Crippen molar-refractivity contribution in [2.45, 2.75) is 47.6 Å². The van der Waals surface area contributed by atoms with E-state index in [-0.39, 0.29) is 35.7 Å². The molecular weight excluding hydrogens is 284 g/mol. The molecule has 0 aliphatic heterocycles. The summed E-state index contributed by atoms with van der Waals surface area (Å²) in [4.78, 5) is 40.0. The Balaban J connectivity index is 3.52. The zero-order valence-electron chi connectivity index (χ0n) is 14.0. The fourth-order valence-electron chi connectivity index (χ4n) is 2.26. The Morgan fingerprint density at radius 3 is 2.27 bits per heavy atom. The van der Waals surface area contributed by atoms with E-state index in [9.17, 15) is 14.4 Å². The second kappa shape index (κ2) is 7.29. The summed E-state index contributed by atoms with van der Waals surface area (Å²) < 4.78 is 1.32. The van der Waals surface area contributed by atoms with E-state index in [1.54, 1.807) is 6.92 Å². The van der Waals surface area contributed by atoms with Crippen molar-refractivity contribution in [1.29, 1.82) is 0 Å². The Morgan fingerprint density at radius 2 is 1.82 bits per heavy atom. The monoisotopic (exact) mass is 310 g/mol. The van der Waals surface area contributed by atoms with Gasteiger partial charge in [-0.2, -0.15) is 0 Å². The molecule has 0 spiro atoms. The Kier molecular flexibility index (Phi) is 5.96. The largest absolute Gasteiger partial charge is 0.383 e. The highest BCUT2D eigenvalue weighted by molar-refractivity contribution is 5.95. The maximum absolute atomic E-state index is 12.2. The molecule has 7 nitrogen and oxygen atoms in total. The van der Waals surface area contributed by atoms with Crippen molar-refractivity contribution in [2.24, 2.45) is 11.8 Å². The topological polar surface area (TPSA) is 101 Å². The van der Waals surface area contributed by atoms with Gasteiger partial charge in [0.1, 0.15) is 5.82 Å². The van der Waals surface area contributed by atoms with Crippen molar-refractivity contribution in [3.63, 3.8) is 0 Å². The number of nitrogens with one attached hydrogen (secondary N) is 1. The summed E-state index contributed by atoms with van der Waals surface area (Å²) in [6.07, 6.45) is 0.259. The lowest BCUT2D eigenvalue weighted by molar-refractivity contribution is -0.118. The van der Waals surface area contributed by atoms with Crippen molar-refractivity contribution in [3.05, 3.63) is 20.8 Å². The fourth-order valence-corrected chi connectivity index (χ4v) is 2.26. The van der Waals surface area contributed by atoms with Crippen LogP contribution in [-0.4, -0.2) is 22.0 Å². The molecule has 0 saturated carbocycles. The zero-order valence-corrected chi connectivity index (χ0v) is 14.0. The first-order valence-electron chi connectivity index (χ1n) is 7.61. The first kappa shape index (κ1) is 18.0. The third kappa shape index (κ3) is 3.99. The number of hydrogen-bond donors (Lipinski definition) is 2. The van der Waals surface area contributed by atoms with E-state index < -0.39 is 11.2 Å². The summed E-state index contributed by atoms with van der Waals surface area (Å²) in [5.41, 5.74) is 4.95. The number of nitrogen functional groups attached to an aromatic ring is 1. The molecule has 1 amide bonds. The minimum atomic E-state index is -0.620. The summed E-state index contributed by atoms with van der Waals surface area (Å²) in [5.74, 6) is 0.199. The first-order chi connectivity index (χ1) is 10.2. The summed E-state index contributed by atoms with van der Waals surface area (Å²) in [6.45, 7) is 10.3. The lowest BCUT2D eigenvalue weighted by atomic mass is 10.2. The smallest absolute Gasteiger partial charge is 0.330 e. The molecule has 1 aromatic rings. The Labute approximate surface area is 130 Å². The molecule has 22 heavy (non-hydrogen) atoms. The van der Waals surface area contributed by atoms with Crippen molar-refractivity contribution in [1.82, 2.24) is 9.55 Å². The van der Waals surface area contributed by atoms with Gasteiger partial charge in [0.2, 0.25) is 5.91 Å². The van der Waals surface area contributed by atoms with Crippen LogP contribution in [0.25, 0.3) is 0 Å². The quantitative estimate of drug-likeness (QED) is 0.823. The van der Waals surface area contributed by atoms with E-state index >= 15 is 0 Å². The van der Waals surface area contributed by atoms with E-state index in [1.807, 2.05) is 27.7 Å². The first-order valence-corrected chi connectivity index (χ1v) is 7.61. The molecular formula is C15H26N4O3. The van der Waals surface area contributed by atoms with Gasteiger partial charge in [0.25, 0.3) is 5.56 Å². The minimum absolute atomic E-state index is 0.0462. The van der Waals surface area contributed by atoms with E-state index in [2.05, 4.69) is 4.98 Å². The minimum Gasteiger partial charge on any atom is -0.383 e. The lowest BCUT2D eigenvalue weighted by Crippen LogP contribution is -2.42. The maximum atomic E-state index is 12.2. The van der Waals surface area contributed by atoms with Gasteiger partial charge < -0.3 is 10.6 Å². The molecule has 3 N–H and O–H groups in total. The van der Waals surface area contributed by atoms with Crippen LogP contribution in [0.5, 0.6) is 0 Å². The number of H-pyrrole nitrogens is 1. The highest BCUT2D eigenvalue weighted by Crippen LogP contribution is 2.19. The van der Waals surface area contributed by atoms with Crippen LogP contribution < -0.4 is 21.9 Å². The lowest BCUT2D eigenvalue weighted by Gasteiger charge is -2.26. The van der Waals surface area contributed by atoms with Crippen LogP contribution in [0.2, 0.25) is 0 Å². The predicted octanol–water partition coefficient (Wildman–Crippen LogP) is 1.17. The molecule has 1 heterocycles. The fraction of sp³-hybridized carbons (Fsp3) is 0.667. The molecule has 1 rings (SSSR count). The van der Waals surface area contributed by atoms with Gasteiger partial charge in [-0.3, -0.25) is 19.1 Å². The SMILES string of the molecule is CCC(=O)N(CC(C)C)c1c(N)n(CC(C)C)c(=O)[nH]c1=O. The molecule has 0 aliphatic carbocycles. The molecule has 1 aromatic heterocycles. The average Bonchev–Trinajstić information content (AvgIpc) is 2.40. The summed E-state index contributed by atoms with van der Waals surface area (Å²) in [6, 6.07) is 0. The number of nitrogens with two attached hydrogens (primary N) is 1. The molecule has 0 saturated heterocycles. The van der Waals surface area contributed by atoms with E-state index in [4.69, 9.17) is 5.73 Å². The van der Waals surface area contributed by atoms with Crippen LogP contribution in [0.1, 0.15) is 41.0 Å². The third-order valence-electron chi connectivity index (χ3n) is 3.18. The van der Waals surface area contributed by atoms with Crippen LogP contribution in [0.4, 0.5) is 11.5 Å². The molecule has 0 fully saturated rings. The van der Waals surface area contributed by atoms with Gasteiger partial charge >= 0.3 is 5.69 Å². The second-order valence-electron chi connectivity index (χ2n) is 6.25. The number of rotatable bonds is 6. The number of carbonyl (C=O) groups excluding carboxylic acids is 1. The molecule has 0 unspecified atom stereocenters. The normalized spacial score (nSPS) is 11.2. The van der Waals surface area contributed by atoms with Crippen molar-refractivity contribution < 1.29 is 4.79 Å². The Bertz CT molecular complexity index is 643. The summed E-state index contributed by atoms with van der Waals surface area (Å²) in [7, 11) is 0. The Hall–Kier alpha value is -2.05. The molecule has 7 heteroatoms. The number of aromatic nitrogens is 2. The van der Waals surface area contributed by atoms with Crippen molar-refractivity contribution >= 4 is 17.4 Å². The molecule has 0 radical (unpaired) electrons. The molecule has 124 valence electrons. The van der Waals surface area contributed by atoms with E-state index in [1.165, 1.54) is 9.47 Å². The van der Waals surface area contributed by atoms with E-state index in [0.29, 0.717) is 13.1 Å². The highest BCUT2D eigenvalue weighted by Gasteiger charge is 2.24. The second-order valence-corrected chi connectivity index (χ2v) is 6.25. The van der Waals surface area contributed by atoms with Crippen LogP contribution in [0.3, 0.4) is 0 Å². The van der Waals surface area contributed by atoms with Crippen LogP contribution >= 0.6 is 0 Å². The standard InChI is InChI=1S/C15H26N4O3/c1-6-11(20)18(7-9(2)3)12-13(16)19(8-10(4)5)15(22)17-14(12)21/h9-10H,6-8,16H2,1-5H3,(H,17,21,22). The summed E-state index contributed by atoms with van der Waals surface area (Å²) in [5, 5.41) is 0. The van der Waals surface area contributed by atoms with Gasteiger partial charge in [0.15, 0.2) is 5.69 Å². The molecule has 0 aromatic carbocycles. The zero-order chi connectivity index (χ0) is 17.0. The number of aromatic amines is 1. The van der Waals surface area contributed by atoms with Crippen LogP contribution in [-0.2, 0) is 11.3 Å². The molecule has 0 aliphatic rings. The van der Waals surface area contributed by atoms with Gasteiger partial charge in [-0.05, 0) is 11.8 Å². The van der Waals surface area contributed by atoms with E-state index in [0.717, 1.165) is 0 Å². The van der Waals surface area contributed by atoms with Crippen LogP contribution in [0.15, 0.2) is 9.59 Å². The predicted molar refractivity (Wildman–Crippen MR) is 88.1 cm³/mol. The third-order valence-corrected chi connectivity index (χ3v) is 3.18. The number of nitrogens with zero attached hydrogens (tertiary/aromatic N) is 2. The number of hydrogen-bond acceptors (Lipinski definition) is 4. The highest BCUT2D eigenvalue weighted by atomic mass is 16.2. The van der Waals surface area contributed by atoms with Crippen LogP contribution in [0, 0.1) is 11.8 Å².